The first kappa shape index (κ1) is 20.6. The van der Waals surface area contributed by atoms with E-state index in [4.69, 9.17) is 10.2 Å². The number of aliphatic hydroxyl groups is 2. The summed E-state index contributed by atoms with van der Waals surface area (Å²) in [6, 6.07) is -2.25. The van der Waals surface area contributed by atoms with Crippen LogP contribution in [0.3, 0.4) is 0 Å². The Balaban J connectivity index is 5.12. The fourth-order valence-electron chi connectivity index (χ4n) is 1.39. The van der Waals surface area contributed by atoms with Gasteiger partial charge in [-0.05, 0) is 12.8 Å². The normalized spacial score (nSPS) is 15.1. The van der Waals surface area contributed by atoms with Gasteiger partial charge in [0, 0.05) is 0 Å². The summed E-state index contributed by atoms with van der Waals surface area (Å²) in [5.74, 6) is -15.3. The maximum Gasteiger partial charge on any atom is 0.395 e. The van der Waals surface area contributed by atoms with Crippen LogP contribution in [0.2, 0.25) is 0 Å². The second-order valence-corrected chi connectivity index (χ2v) is 4.67. The van der Waals surface area contributed by atoms with Crippen LogP contribution in [0.15, 0.2) is 0 Å². The molecular weight excluding hydrogens is 312 g/mol. The smallest absolute Gasteiger partial charge is 0.394 e. The zero-order valence-electron chi connectivity index (χ0n) is 12.2. The standard InChI is InChI=1S/C12H20F4N2O4/c1-3-7(5-19)17-9(21)11(13,14)12(15,16)10(22)18-8(4-2)6-20/h7-8,19-20H,3-6H2,1-2H3,(H,17,21)(H,18,22). The molecule has 0 rings (SSSR count). The van der Waals surface area contributed by atoms with E-state index in [-0.39, 0.29) is 12.8 Å². The number of carbonyl (C=O) groups excluding carboxylic acids is 2. The molecule has 0 aliphatic rings. The van der Waals surface area contributed by atoms with E-state index in [0.29, 0.717) is 0 Å². The highest BCUT2D eigenvalue weighted by Gasteiger charge is 2.67. The molecule has 0 radical (unpaired) electrons. The first-order chi connectivity index (χ1) is 10.1. The zero-order chi connectivity index (χ0) is 17.6. The molecule has 2 amide bonds. The lowest BCUT2D eigenvalue weighted by Crippen LogP contribution is -2.62. The number of aliphatic hydroxyl groups excluding tert-OH is 2. The van der Waals surface area contributed by atoms with E-state index >= 15 is 0 Å². The highest BCUT2D eigenvalue weighted by atomic mass is 19.3. The van der Waals surface area contributed by atoms with Crippen LogP contribution in [-0.2, 0) is 9.59 Å². The third-order valence-electron chi connectivity index (χ3n) is 3.06. The van der Waals surface area contributed by atoms with E-state index in [9.17, 15) is 27.2 Å². The van der Waals surface area contributed by atoms with E-state index < -0.39 is 49.0 Å². The molecule has 0 aromatic rings. The summed E-state index contributed by atoms with van der Waals surface area (Å²) in [5.41, 5.74) is 0. The van der Waals surface area contributed by atoms with Crippen molar-refractivity contribution in [3.63, 3.8) is 0 Å². The SMILES string of the molecule is CCC(CO)NC(=O)C(F)(F)C(F)(F)C(=O)NC(CC)CO. The van der Waals surface area contributed by atoms with Crippen LogP contribution in [0.5, 0.6) is 0 Å². The fourth-order valence-corrected chi connectivity index (χ4v) is 1.39. The third kappa shape index (κ3) is 4.54. The van der Waals surface area contributed by atoms with Crippen LogP contribution in [0.1, 0.15) is 26.7 Å². The predicted molar refractivity (Wildman–Crippen MR) is 68.5 cm³/mol. The summed E-state index contributed by atoms with van der Waals surface area (Å²) in [6.45, 7) is 1.46. The van der Waals surface area contributed by atoms with Gasteiger partial charge in [-0.15, -0.1) is 0 Å². The molecule has 0 aliphatic carbocycles. The molecule has 0 bridgehead atoms. The van der Waals surface area contributed by atoms with E-state index in [1.165, 1.54) is 13.8 Å². The Hall–Kier alpha value is -1.42. The summed E-state index contributed by atoms with van der Waals surface area (Å²) in [5, 5.41) is 20.7. The molecule has 0 aliphatic heterocycles. The van der Waals surface area contributed by atoms with Gasteiger partial charge in [-0.1, -0.05) is 13.8 Å². The number of alkyl halides is 4. The Labute approximate surface area is 124 Å². The van der Waals surface area contributed by atoms with Gasteiger partial charge in [0.1, 0.15) is 0 Å². The Morgan fingerprint density at radius 2 is 1.14 bits per heavy atom. The summed E-state index contributed by atoms with van der Waals surface area (Å²) in [7, 11) is 0. The molecule has 4 N–H and O–H groups in total. The molecule has 2 atom stereocenters. The number of rotatable bonds is 9. The van der Waals surface area contributed by atoms with Crippen molar-refractivity contribution in [3.05, 3.63) is 0 Å². The summed E-state index contributed by atoms with van der Waals surface area (Å²) < 4.78 is 54.3. The van der Waals surface area contributed by atoms with Crippen LogP contribution >= 0.6 is 0 Å². The van der Waals surface area contributed by atoms with Crippen LogP contribution in [0.25, 0.3) is 0 Å². The Kier molecular flexibility index (Phi) is 7.74. The molecule has 2 unspecified atom stereocenters. The van der Waals surface area contributed by atoms with Crippen molar-refractivity contribution in [1.29, 1.82) is 0 Å². The van der Waals surface area contributed by atoms with Gasteiger partial charge < -0.3 is 20.8 Å². The first-order valence-corrected chi connectivity index (χ1v) is 6.67. The van der Waals surface area contributed by atoms with Gasteiger partial charge in [0.25, 0.3) is 11.8 Å². The van der Waals surface area contributed by atoms with Crippen molar-refractivity contribution < 1.29 is 37.4 Å². The molecule has 0 aromatic heterocycles. The van der Waals surface area contributed by atoms with Crippen LogP contribution < -0.4 is 10.6 Å². The highest BCUT2D eigenvalue weighted by Crippen LogP contribution is 2.35. The largest absolute Gasteiger partial charge is 0.395 e. The molecular formula is C12H20F4N2O4. The first-order valence-electron chi connectivity index (χ1n) is 6.67. The highest BCUT2D eigenvalue weighted by molar-refractivity contribution is 5.95. The van der Waals surface area contributed by atoms with Crippen molar-refractivity contribution in [1.82, 2.24) is 10.6 Å². The van der Waals surface area contributed by atoms with Gasteiger partial charge in [0.15, 0.2) is 0 Å². The number of nitrogens with one attached hydrogen (secondary N) is 2. The molecule has 10 heteroatoms. The summed E-state index contributed by atoms with van der Waals surface area (Å²) in [6.07, 6.45) is 0.0804. The number of amides is 2. The van der Waals surface area contributed by atoms with Gasteiger partial charge in [-0.2, -0.15) is 17.6 Å². The second-order valence-electron chi connectivity index (χ2n) is 4.67. The minimum absolute atomic E-state index is 0.0402. The molecule has 6 nitrogen and oxygen atoms in total. The summed E-state index contributed by atoms with van der Waals surface area (Å²) >= 11 is 0. The maximum absolute atomic E-state index is 13.6. The average molecular weight is 332 g/mol. The van der Waals surface area contributed by atoms with Gasteiger partial charge in [-0.25, -0.2) is 0 Å². The molecule has 0 aromatic carbocycles. The topological polar surface area (TPSA) is 98.7 Å². The third-order valence-corrected chi connectivity index (χ3v) is 3.06. The summed E-state index contributed by atoms with van der Waals surface area (Å²) in [4.78, 5) is 22.6. The van der Waals surface area contributed by atoms with Crippen molar-refractivity contribution >= 4 is 11.8 Å². The van der Waals surface area contributed by atoms with Crippen molar-refractivity contribution in [2.24, 2.45) is 0 Å². The predicted octanol–water partition coefficient (Wildman–Crippen LogP) is 0.0312. The molecule has 0 fully saturated rings. The van der Waals surface area contributed by atoms with Crippen LogP contribution in [-0.4, -0.2) is 59.2 Å². The quantitative estimate of drug-likeness (QED) is 0.448. The maximum atomic E-state index is 13.6. The van der Waals surface area contributed by atoms with Gasteiger partial charge >= 0.3 is 11.8 Å². The Morgan fingerprint density at radius 3 is 1.32 bits per heavy atom. The molecule has 0 spiro atoms. The fraction of sp³-hybridized carbons (Fsp3) is 0.833. The Bertz CT molecular complexity index is 349. The molecule has 0 saturated carbocycles. The van der Waals surface area contributed by atoms with E-state index in [1.807, 2.05) is 0 Å². The van der Waals surface area contributed by atoms with Crippen LogP contribution in [0.4, 0.5) is 17.6 Å². The lowest BCUT2D eigenvalue weighted by atomic mass is 10.1. The van der Waals surface area contributed by atoms with Crippen molar-refractivity contribution in [3.8, 4) is 0 Å². The number of hydrogen-bond donors (Lipinski definition) is 4. The van der Waals surface area contributed by atoms with E-state index in [0.717, 1.165) is 0 Å². The number of carbonyl (C=O) groups is 2. The molecule has 22 heavy (non-hydrogen) atoms. The van der Waals surface area contributed by atoms with Crippen LogP contribution in [0, 0.1) is 0 Å². The lowest BCUT2D eigenvalue weighted by molar-refractivity contribution is -0.212. The van der Waals surface area contributed by atoms with Crippen molar-refractivity contribution in [2.45, 2.75) is 50.6 Å². The van der Waals surface area contributed by atoms with E-state index in [1.54, 1.807) is 10.6 Å². The van der Waals surface area contributed by atoms with Gasteiger partial charge in [0.2, 0.25) is 0 Å². The lowest BCUT2D eigenvalue weighted by Gasteiger charge is -2.27. The van der Waals surface area contributed by atoms with Gasteiger partial charge in [-0.3, -0.25) is 9.59 Å². The minimum atomic E-state index is -5.30. The monoisotopic (exact) mass is 332 g/mol. The molecule has 0 saturated heterocycles. The number of hydrogen-bond acceptors (Lipinski definition) is 4. The molecule has 0 heterocycles. The zero-order valence-corrected chi connectivity index (χ0v) is 12.2. The second kappa shape index (κ2) is 8.28. The molecule has 130 valence electrons. The van der Waals surface area contributed by atoms with Gasteiger partial charge in [0.05, 0.1) is 25.3 Å². The van der Waals surface area contributed by atoms with E-state index in [2.05, 4.69) is 0 Å². The number of halogens is 4. The van der Waals surface area contributed by atoms with Crippen molar-refractivity contribution in [2.75, 3.05) is 13.2 Å². The Morgan fingerprint density at radius 1 is 0.864 bits per heavy atom. The minimum Gasteiger partial charge on any atom is -0.394 e. The average Bonchev–Trinajstić information content (AvgIpc) is 2.48.